The summed E-state index contributed by atoms with van der Waals surface area (Å²) in [4.78, 5) is 8.54. The zero-order valence-corrected chi connectivity index (χ0v) is 14.9. The molecule has 0 spiro atoms. The Labute approximate surface area is 134 Å². The third-order valence-electron chi connectivity index (χ3n) is 4.23. The van der Waals surface area contributed by atoms with Crippen molar-refractivity contribution in [1.29, 1.82) is 0 Å². The molecular weight excluding hydrogens is 278 g/mol. The van der Waals surface area contributed by atoms with Crippen LogP contribution in [0.3, 0.4) is 0 Å². The lowest BCUT2D eigenvalue weighted by Gasteiger charge is -2.33. The number of aromatic nitrogens is 1. The summed E-state index contributed by atoms with van der Waals surface area (Å²) in [7, 11) is 0. The molecule has 2 heterocycles. The highest BCUT2D eigenvalue weighted by molar-refractivity contribution is 7.11. The zero-order chi connectivity index (χ0) is 15.3. The fourth-order valence-corrected chi connectivity index (χ4v) is 3.78. The average Bonchev–Trinajstić information content (AvgIpc) is 2.89. The van der Waals surface area contributed by atoms with E-state index in [-0.39, 0.29) is 5.41 Å². The fourth-order valence-electron chi connectivity index (χ4n) is 2.84. The standard InChI is InChI=1S/C17H31N3S/c1-14-8-5-6-10-20(14)11-7-9-18-12-15-13-19-16(21-15)17(2,3)4/h13-14,18H,5-12H2,1-4H3. The molecule has 4 heteroatoms. The summed E-state index contributed by atoms with van der Waals surface area (Å²) in [6.07, 6.45) is 7.45. The first-order valence-corrected chi connectivity index (χ1v) is 9.18. The predicted molar refractivity (Wildman–Crippen MR) is 92.0 cm³/mol. The van der Waals surface area contributed by atoms with Gasteiger partial charge >= 0.3 is 0 Å². The molecule has 1 N–H and O–H groups in total. The van der Waals surface area contributed by atoms with Crippen LogP contribution in [0.2, 0.25) is 0 Å². The van der Waals surface area contributed by atoms with Gasteiger partial charge in [-0.3, -0.25) is 0 Å². The Hall–Kier alpha value is -0.450. The maximum atomic E-state index is 4.54. The summed E-state index contributed by atoms with van der Waals surface area (Å²) in [6.45, 7) is 13.6. The van der Waals surface area contributed by atoms with Crippen LogP contribution in [0.4, 0.5) is 0 Å². The van der Waals surface area contributed by atoms with E-state index in [9.17, 15) is 0 Å². The van der Waals surface area contributed by atoms with Gasteiger partial charge in [0, 0.05) is 29.1 Å². The molecule has 3 nitrogen and oxygen atoms in total. The van der Waals surface area contributed by atoms with Crippen LogP contribution in [0.1, 0.15) is 63.3 Å². The van der Waals surface area contributed by atoms with Gasteiger partial charge in [0.15, 0.2) is 0 Å². The van der Waals surface area contributed by atoms with E-state index in [1.807, 2.05) is 17.5 Å². The Morgan fingerprint density at radius 1 is 1.38 bits per heavy atom. The van der Waals surface area contributed by atoms with E-state index in [1.165, 1.54) is 48.7 Å². The quantitative estimate of drug-likeness (QED) is 0.810. The number of thiazole rings is 1. The normalized spacial score (nSPS) is 20.9. The van der Waals surface area contributed by atoms with Crippen molar-refractivity contribution in [2.24, 2.45) is 0 Å². The number of hydrogen-bond acceptors (Lipinski definition) is 4. The minimum atomic E-state index is 0.174. The highest BCUT2D eigenvalue weighted by atomic mass is 32.1. The molecule has 1 atom stereocenters. The molecule has 1 aliphatic rings. The van der Waals surface area contributed by atoms with Crippen molar-refractivity contribution in [3.8, 4) is 0 Å². The van der Waals surface area contributed by atoms with E-state index < -0.39 is 0 Å². The Kier molecular flexibility index (Phi) is 6.20. The van der Waals surface area contributed by atoms with Crippen molar-refractivity contribution >= 4 is 11.3 Å². The van der Waals surface area contributed by atoms with Crippen LogP contribution in [-0.2, 0) is 12.0 Å². The van der Waals surface area contributed by atoms with E-state index in [1.54, 1.807) is 0 Å². The van der Waals surface area contributed by atoms with E-state index >= 15 is 0 Å². The van der Waals surface area contributed by atoms with Gasteiger partial charge in [0.05, 0.1) is 5.01 Å². The molecule has 1 aliphatic heterocycles. The van der Waals surface area contributed by atoms with Gasteiger partial charge < -0.3 is 10.2 Å². The largest absolute Gasteiger partial charge is 0.312 e. The SMILES string of the molecule is CC1CCCCN1CCCNCc1cnc(C(C)(C)C)s1. The lowest BCUT2D eigenvalue weighted by atomic mass is 9.98. The fraction of sp³-hybridized carbons (Fsp3) is 0.824. The Balaban J connectivity index is 1.62. The number of piperidine rings is 1. The molecule has 0 bridgehead atoms. The summed E-state index contributed by atoms with van der Waals surface area (Å²) < 4.78 is 0. The Bertz CT molecular complexity index is 422. The van der Waals surface area contributed by atoms with Crippen molar-refractivity contribution < 1.29 is 0 Å². The Morgan fingerprint density at radius 3 is 2.86 bits per heavy atom. The number of nitrogens with one attached hydrogen (secondary N) is 1. The second-order valence-electron chi connectivity index (χ2n) is 7.29. The zero-order valence-electron chi connectivity index (χ0n) is 14.1. The minimum Gasteiger partial charge on any atom is -0.312 e. The van der Waals surface area contributed by atoms with Gasteiger partial charge in [-0.05, 0) is 45.8 Å². The summed E-state index contributed by atoms with van der Waals surface area (Å²) in [6, 6.07) is 0.787. The molecule has 0 radical (unpaired) electrons. The molecule has 1 saturated heterocycles. The van der Waals surface area contributed by atoms with E-state index in [0.29, 0.717) is 0 Å². The van der Waals surface area contributed by atoms with Crippen LogP contribution in [0.25, 0.3) is 0 Å². The van der Waals surface area contributed by atoms with Gasteiger partial charge in [-0.25, -0.2) is 4.98 Å². The molecule has 0 saturated carbocycles. The molecule has 0 amide bonds. The highest BCUT2D eigenvalue weighted by Gasteiger charge is 2.18. The van der Waals surface area contributed by atoms with Crippen LogP contribution in [0.5, 0.6) is 0 Å². The van der Waals surface area contributed by atoms with Crippen molar-refractivity contribution in [3.05, 3.63) is 16.1 Å². The second-order valence-corrected chi connectivity index (χ2v) is 8.41. The van der Waals surface area contributed by atoms with E-state index in [2.05, 4.69) is 42.9 Å². The average molecular weight is 310 g/mol. The number of rotatable bonds is 6. The summed E-state index contributed by atoms with van der Waals surface area (Å²) in [5.74, 6) is 0. The second kappa shape index (κ2) is 7.70. The van der Waals surface area contributed by atoms with Gasteiger partial charge in [-0.1, -0.05) is 27.2 Å². The van der Waals surface area contributed by atoms with Crippen LogP contribution < -0.4 is 5.32 Å². The van der Waals surface area contributed by atoms with Gasteiger partial charge in [-0.2, -0.15) is 0 Å². The molecule has 1 fully saturated rings. The van der Waals surface area contributed by atoms with Crippen molar-refractivity contribution in [2.75, 3.05) is 19.6 Å². The van der Waals surface area contributed by atoms with Crippen LogP contribution in [0, 0.1) is 0 Å². The third-order valence-corrected chi connectivity index (χ3v) is 5.66. The lowest BCUT2D eigenvalue weighted by molar-refractivity contribution is 0.159. The maximum absolute atomic E-state index is 4.54. The van der Waals surface area contributed by atoms with Gasteiger partial charge in [0.25, 0.3) is 0 Å². The first-order chi connectivity index (χ1) is 9.97. The molecule has 21 heavy (non-hydrogen) atoms. The predicted octanol–water partition coefficient (Wildman–Crippen LogP) is 3.79. The molecule has 0 aliphatic carbocycles. The molecule has 1 aromatic heterocycles. The van der Waals surface area contributed by atoms with Gasteiger partial charge in [0.1, 0.15) is 0 Å². The van der Waals surface area contributed by atoms with Crippen LogP contribution in [0.15, 0.2) is 6.20 Å². The molecular formula is C17H31N3S. The smallest absolute Gasteiger partial charge is 0.0981 e. The maximum Gasteiger partial charge on any atom is 0.0981 e. The van der Waals surface area contributed by atoms with Crippen LogP contribution >= 0.6 is 11.3 Å². The highest BCUT2D eigenvalue weighted by Crippen LogP contribution is 2.26. The molecule has 120 valence electrons. The van der Waals surface area contributed by atoms with Crippen molar-refractivity contribution in [3.63, 3.8) is 0 Å². The monoisotopic (exact) mass is 309 g/mol. The first-order valence-electron chi connectivity index (χ1n) is 8.37. The van der Waals surface area contributed by atoms with Crippen LogP contribution in [-0.4, -0.2) is 35.6 Å². The first kappa shape index (κ1) is 16.9. The molecule has 2 rings (SSSR count). The summed E-state index contributed by atoms with van der Waals surface area (Å²) >= 11 is 1.84. The van der Waals surface area contributed by atoms with Gasteiger partial charge in [0.2, 0.25) is 0 Å². The molecule has 1 aromatic rings. The number of hydrogen-bond donors (Lipinski definition) is 1. The number of nitrogens with zero attached hydrogens (tertiary/aromatic N) is 2. The summed E-state index contributed by atoms with van der Waals surface area (Å²) in [5.41, 5.74) is 0.174. The van der Waals surface area contributed by atoms with E-state index in [4.69, 9.17) is 0 Å². The van der Waals surface area contributed by atoms with E-state index in [0.717, 1.165) is 19.1 Å². The molecule has 0 aromatic carbocycles. The minimum absolute atomic E-state index is 0.174. The van der Waals surface area contributed by atoms with Gasteiger partial charge in [-0.15, -0.1) is 11.3 Å². The third kappa shape index (κ3) is 5.35. The van der Waals surface area contributed by atoms with Crippen molar-refractivity contribution in [2.45, 2.75) is 71.4 Å². The summed E-state index contributed by atoms with van der Waals surface area (Å²) in [5, 5.41) is 4.80. The lowest BCUT2D eigenvalue weighted by Crippen LogP contribution is -2.38. The molecule has 1 unspecified atom stereocenters. The van der Waals surface area contributed by atoms with Crippen molar-refractivity contribution in [1.82, 2.24) is 15.2 Å². The topological polar surface area (TPSA) is 28.2 Å². The number of likely N-dealkylation sites (tertiary alicyclic amines) is 1. The Morgan fingerprint density at radius 2 is 2.19 bits per heavy atom.